The number of hydrogen-bond donors (Lipinski definition) is 1. The van der Waals surface area contributed by atoms with Crippen LogP contribution in [-0.4, -0.2) is 16.3 Å². The van der Waals surface area contributed by atoms with Crippen molar-refractivity contribution in [3.05, 3.63) is 41.5 Å². The van der Waals surface area contributed by atoms with E-state index < -0.39 is 0 Å². The molecule has 114 valence electrons. The molecule has 0 spiro atoms. The zero-order chi connectivity index (χ0) is 15.2. The summed E-state index contributed by atoms with van der Waals surface area (Å²) in [6.45, 7) is 8.92. The van der Waals surface area contributed by atoms with E-state index in [0.29, 0.717) is 0 Å². The zero-order valence-corrected chi connectivity index (χ0v) is 13.1. The monoisotopic (exact) mass is 289 g/mol. The van der Waals surface area contributed by atoms with Gasteiger partial charge in [-0.3, -0.25) is 4.68 Å². The summed E-state index contributed by atoms with van der Waals surface area (Å²) >= 11 is 0. The summed E-state index contributed by atoms with van der Waals surface area (Å²) in [5.74, 6) is -0.202. The molecule has 21 heavy (non-hydrogen) atoms. The third-order valence-corrected chi connectivity index (χ3v) is 3.64. The van der Waals surface area contributed by atoms with Crippen molar-refractivity contribution < 1.29 is 4.39 Å². The lowest BCUT2D eigenvalue weighted by molar-refractivity contribution is 0.587. The molecule has 2 aromatic rings. The van der Waals surface area contributed by atoms with Crippen molar-refractivity contribution in [3.8, 4) is 11.1 Å². The van der Waals surface area contributed by atoms with Gasteiger partial charge in [-0.15, -0.1) is 0 Å². The molecule has 0 radical (unpaired) electrons. The highest BCUT2D eigenvalue weighted by atomic mass is 19.1. The van der Waals surface area contributed by atoms with Crippen LogP contribution in [0.2, 0.25) is 0 Å². The molecule has 1 aromatic carbocycles. The largest absolute Gasteiger partial charge is 0.313 e. The molecule has 0 aliphatic rings. The van der Waals surface area contributed by atoms with Crippen LogP contribution in [0.4, 0.5) is 4.39 Å². The fourth-order valence-electron chi connectivity index (χ4n) is 2.50. The number of nitrogens with one attached hydrogen (secondary N) is 1. The van der Waals surface area contributed by atoms with Crippen molar-refractivity contribution in [3.63, 3.8) is 0 Å². The molecular weight excluding hydrogens is 265 g/mol. The van der Waals surface area contributed by atoms with Gasteiger partial charge in [0, 0.05) is 24.3 Å². The molecule has 0 bridgehead atoms. The highest BCUT2D eigenvalue weighted by molar-refractivity contribution is 5.69. The fraction of sp³-hybridized carbons (Fsp3) is 0.471. The van der Waals surface area contributed by atoms with Gasteiger partial charge in [0.25, 0.3) is 0 Å². The third-order valence-electron chi connectivity index (χ3n) is 3.64. The van der Waals surface area contributed by atoms with Crippen LogP contribution >= 0.6 is 0 Å². The maximum atomic E-state index is 13.7. The van der Waals surface area contributed by atoms with E-state index >= 15 is 0 Å². The van der Waals surface area contributed by atoms with Gasteiger partial charge >= 0.3 is 0 Å². The van der Waals surface area contributed by atoms with Crippen LogP contribution in [0.3, 0.4) is 0 Å². The van der Waals surface area contributed by atoms with Gasteiger partial charge in [-0.05, 0) is 49.6 Å². The Labute approximate surface area is 126 Å². The smallest absolute Gasteiger partial charge is 0.123 e. The second-order valence-electron chi connectivity index (χ2n) is 5.35. The predicted molar refractivity (Wildman–Crippen MR) is 84.6 cm³/mol. The average molecular weight is 289 g/mol. The van der Waals surface area contributed by atoms with Gasteiger partial charge < -0.3 is 5.32 Å². The summed E-state index contributed by atoms with van der Waals surface area (Å²) < 4.78 is 15.6. The first-order chi connectivity index (χ1) is 10.2. The Hall–Kier alpha value is -1.68. The second-order valence-corrected chi connectivity index (χ2v) is 5.35. The van der Waals surface area contributed by atoms with Gasteiger partial charge in [-0.1, -0.05) is 19.9 Å². The molecule has 0 aliphatic carbocycles. The standard InChI is InChI=1S/C17H24FN3/c1-4-8-19-11-14-6-7-15(18)10-16(14)17-12-20-21(9-5-2)13(17)3/h6-7,10,12,19H,4-5,8-9,11H2,1-3H3. The Balaban J connectivity index is 2.35. The first kappa shape index (κ1) is 15.7. The molecule has 1 N–H and O–H groups in total. The number of rotatable bonds is 7. The van der Waals surface area contributed by atoms with Crippen LogP contribution in [0.15, 0.2) is 24.4 Å². The Morgan fingerprint density at radius 1 is 1.19 bits per heavy atom. The molecule has 1 heterocycles. The first-order valence-electron chi connectivity index (χ1n) is 7.69. The van der Waals surface area contributed by atoms with Crippen molar-refractivity contribution in [2.45, 2.75) is 46.7 Å². The SMILES string of the molecule is CCCNCc1ccc(F)cc1-c1cnn(CCC)c1C. The van der Waals surface area contributed by atoms with Gasteiger partial charge in [-0.25, -0.2) is 4.39 Å². The van der Waals surface area contributed by atoms with Crippen LogP contribution in [0.25, 0.3) is 11.1 Å². The van der Waals surface area contributed by atoms with E-state index in [1.54, 1.807) is 6.07 Å². The number of benzene rings is 1. The molecule has 0 saturated carbocycles. The number of nitrogens with zero attached hydrogens (tertiary/aromatic N) is 2. The highest BCUT2D eigenvalue weighted by Gasteiger charge is 2.13. The topological polar surface area (TPSA) is 29.9 Å². The van der Waals surface area contributed by atoms with Crippen molar-refractivity contribution in [1.29, 1.82) is 0 Å². The Kier molecular flexibility index (Phi) is 5.51. The van der Waals surface area contributed by atoms with E-state index in [4.69, 9.17) is 0 Å². The van der Waals surface area contributed by atoms with Crippen molar-refractivity contribution in [2.24, 2.45) is 0 Å². The molecular formula is C17H24FN3. The average Bonchev–Trinajstić information content (AvgIpc) is 2.82. The van der Waals surface area contributed by atoms with Crippen molar-refractivity contribution in [2.75, 3.05) is 6.54 Å². The predicted octanol–water partition coefficient (Wildman–Crippen LogP) is 3.91. The quantitative estimate of drug-likeness (QED) is 0.783. The van der Waals surface area contributed by atoms with Crippen molar-refractivity contribution >= 4 is 0 Å². The normalized spacial score (nSPS) is 11.0. The minimum absolute atomic E-state index is 0.202. The molecule has 3 nitrogen and oxygen atoms in total. The summed E-state index contributed by atoms with van der Waals surface area (Å²) in [5.41, 5.74) is 4.18. The van der Waals surface area contributed by atoms with Crippen LogP contribution in [0.1, 0.15) is 37.9 Å². The zero-order valence-electron chi connectivity index (χ0n) is 13.1. The molecule has 0 saturated heterocycles. The maximum Gasteiger partial charge on any atom is 0.123 e. The summed E-state index contributed by atoms with van der Waals surface area (Å²) in [7, 11) is 0. The summed E-state index contributed by atoms with van der Waals surface area (Å²) in [4.78, 5) is 0. The van der Waals surface area contributed by atoms with E-state index in [0.717, 1.165) is 54.9 Å². The van der Waals surface area contributed by atoms with Gasteiger partial charge in [0.05, 0.1) is 6.20 Å². The molecule has 0 fully saturated rings. The Morgan fingerprint density at radius 2 is 2.00 bits per heavy atom. The fourth-order valence-corrected chi connectivity index (χ4v) is 2.50. The number of halogens is 1. The van der Waals surface area contributed by atoms with E-state index in [-0.39, 0.29) is 5.82 Å². The van der Waals surface area contributed by atoms with Gasteiger partial charge in [-0.2, -0.15) is 5.10 Å². The van der Waals surface area contributed by atoms with Gasteiger partial charge in [0.1, 0.15) is 5.82 Å². The van der Waals surface area contributed by atoms with Gasteiger partial charge in [0.2, 0.25) is 0 Å². The van der Waals surface area contributed by atoms with E-state index in [9.17, 15) is 4.39 Å². The third kappa shape index (κ3) is 3.70. The maximum absolute atomic E-state index is 13.7. The first-order valence-corrected chi connectivity index (χ1v) is 7.69. The molecule has 0 aliphatic heterocycles. The molecule has 0 unspecified atom stereocenters. The minimum Gasteiger partial charge on any atom is -0.313 e. The molecule has 1 aromatic heterocycles. The van der Waals surface area contributed by atoms with Gasteiger partial charge in [0.15, 0.2) is 0 Å². The second kappa shape index (κ2) is 7.36. The van der Waals surface area contributed by atoms with E-state index in [1.807, 2.05) is 23.9 Å². The lowest BCUT2D eigenvalue weighted by Gasteiger charge is -2.11. The molecule has 0 amide bonds. The molecule has 4 heteroatoms. The summed E-state index contributed by atoms with van der Waals surface area (Å²) in [6, 6.07) is 5.01. The van der Waals surface area contributed by atoms with E-state index in [1.165, 1.54) is 6.07 Å². The van der Waals surface area contributed by atoms with Crippen LogP contribution in [0.5, 0.6) is 0 Å². The summed E-state index contributed by atoms with van der Waals surface area (Å²) in [5, 5.41) is 7.81. The molecule has 0 atom stereocenters. The van der Waals surface area contributed by atoms with Crippen LogP contribution < -0.4 is 5.32 Å². The van der Waals surface area contributed by atoms with Crippen LogP contribution in [-0.2, 0) is 13.1 Å². The van der Waals surface area contributed by atoms with E-state index in [2.05, 4.69) is 24.3 Å². The minimum atomic E-state index is -0.202. The number of aryl methyl sites for hydroxylation is 1. The van der Waals surface area contributed by atoms with Crippen molar-refractivity contribution in [1.82, 2.24) is 15.1 Å². The number of aromatic nitrogens is 2. The lowest BCUT2D eigenvalue weighted by atomic mass is 10.00. The highest BCUT2D eigenvalue weighted by Crippen LogP contribution is 2.27. The molecule has 2 rings (SSSR count). The summed E-state index contributed by atoms with van der Waals surface area (Å²) in [6.07, 6.45) is 3.98. The number of hydrogen-bond acceptors (Lipinski definition) is 2. The Bertz CT molecular complexity index is 590. The lowest BCUT2D eigenvalue weighted by Crippen LogP contribution is -2.14. The van der Waals surface area contributed by atoms with Crippen LogP contribution in [0, 0.1) is 12.7 Å². The Morgan fingerprint density at radius 3 is 2.71 bits per heavy atom.